The molecular weight excluding hydrogens is 424 g/mol. The fraction of sp³-hybridized carbons (Fsp3) is 0.462. The van der Waals surface area contributed by atoms with Gasteiger partial charge in [-0.3, -0.25) is 9.59 Å². The smallest absolute Gasteiger partial charge is 0.261 e. The van der Waals surface area contributed by atoms with Gasteiger partial charge < -0.3 is 15.0 Å². The highest BCUT2D eigenvalue weighted by Gasteiger charge is 2.28. The number of nitrogens with zero attached hydrogens (tertiary/aromatic N) is 1. The van der Waals surface area contributed by atoms with E-state index in [1.54, 1.807) is 13.0 Å². The maximum atomic E-state index is 13.3. The SMILES string of the molecule is CC(C)CNC(=O)C(C)N(Cc1ccccc1Cl)C(=O)COc1ccccc1C(C)(C)C. The van der Waals surface area contributed by atoms with Gasteiger partial charge in [-0.2, -0.15) is 0 Å². The number of carbonyl (C=O) groups excluding carboxylic acids is 2. The summed E-state index contributed by atoms with van der Waals surface area (Å²) in [6, 6.07) is 14.4. The Morgan fingerprint density at radius 3 is 2.28 bits per heavy atom. The molecular formula is C26H35ClN2O3. The maximum absolute atomic E-state index is 13.3. The van der Waals surface area contributed by atoms with E-state index in [0.29, 0.717) is 23.2 Å². The Morgan fingerprint density at radius 1 is 1.03 bits per heavy atom. The third kappa shape index (κ3) is 7.27. The highest BCUT2D eigenvalue weighted by molar-refractivity contribution is 6.31. The molecule has 0 aliphatic rings. The second-order valence-electron chi connectivity index (χ2n) is 9.46. The summed E-state index contributed by atoms with van der Waals surface area (Å²) in [6.07, 6.45) is 0. The van der Waals surface area contributed by atoms with Crippen molar-refractivity contribution in [3.8, 4) is 5.75 Å². The molecule has 0 bridgehead atoms. The Bertz CT molecular complexity index is 921. The van der Waals surface area contributed by atoms with Crippen LogP contribution in [0.2, 0.25) is 5.02 Å². The summed E-state index contributed by atoms with van der Waals surface area (Å²) >= 11 is 6.33. The van der Waals surface area contributed by atoms with Gasteiger partial charge in [0, 0.05) is 18.1 Å². The van der Waals surface area contributed by atoms with Gasteiger partial charge >= 0.3 is 0 Å². The predicted molar refractivity (Wildman–Crippen MR) is 130 cm³/mol. The Labute approximate surface area is 197 Å². The molecule has 0 aliphatic carbocycles. The molecule has 2 amide bonds. The van der Waals surface area contributed by atoms with E-state index in [2.05, 4.69) is 26.1 Å². The summed E-state index contributed by atoms with van der Waals surface area (Å²) in [7, 11) is 0. The number of hydrogen-bond donors (Lipinski definition) is 1. The summed E-state index contributed by atoms with van der Waals surface area (Å²) in [6.45, 7) is 12.7. The summed E-state index contributed by atoms with van der Waals surface area (Å²) in [5.41, 5.74) is 1.68. The summed E-state index contributed by atoms with van der Waals surface area (Å²) < 4.78 is 5.95. The van der Waals surface area contributed by atoms with E-state index in [0.717, 1.165) is 11.1 Å². The number of carbonyl (C=O) groups is 2. The highest BCUT2D eigenvalue weighted by atomic mass is 35.5. The lowest BCUT2D eigenvalue weighted by Crippen LogP contribution is -2.49. The van der Waals surface area contributed by atoms with Crippen molar-refractivity contribution in [2.45, 2.75) is 59.5 Å². The van der Waals surface area contributed by atoms with Crippen molar-refractivity contribution in [1.29, 1.82) is 0 Å². The lowest BCUT2D eigenvalue weighted by molar-refractivity contribution is -0.142. The van der Waals surface area contributed by atoms with E-state index in [1.165, 1.54) is 4.90 Å². The van der Waals surface area contributed by atoms with Crippen LogP contribution in [0.15, 0.2) is 48.5 Å². The van der Waals surface area contributed by atoms with Gasteiger partial charge in [-0.15, -0.1) is 0 Å². The second-order valence-corrected chi connectivity index (χ2v) is 9.87. The molecule has 0 heterocycles. The van der Waals surface area contributed by atoms with Crippen molar-refractivity contribution >= 4 is 23.4 Å². The van der Waals surface area contributed by atoms with Gasteiger partial charge in [0.2, 0.25) is 5.91 Å². The van der Waals surface area contributed by atoms with E-state index < -0.39 is 6.04 Å². The normalized spacial score (nSPS) is 12.4. The Balaban J connectivity index is 2.22. The monoisotopic (exact) mass is 458 g/mol. The van der Waals surface area contributed by atoms with Gasteiger partial charge in [0.25, 0.3) is 5.91 Å². The zero-order chi connectivity index (χ0) is 23.9. The van der Waals surface area contributed by atoms with Crippen molar-refractivity contribution in [2.75, 3.05) is 13.2 Å². The quantitative estimate of drug-likeness (QED) is 0.561. The van der Waals surface area contributed by atoms with Crippen LogP contribution in [0.25, 0.3) is 0 Å². The molecule has 0 radical (unpaired) electrons. The average molecular weight is 459 g/mol. The second kappa shape index (κ2) is 11.4. The van der Waals surface area contributed by atoms with Crippen LogP contribution in [0.5, 0.6) is 5.75 Å². The van der Waals surface area contributed by atoms with Crippen molar-refractivity contribution < 1.29 is 14.3 Å². The van der Waals surface area contributed by atoms with E-state index in [9.17, 15) is 9.59 Å². The number of benzene rings is 2. The predicted octanol–water partition coefficient (Wildman–Crippen LogP) is 5.21. The molecule has 2 aromatic rings. The molecule has 2 aromatic carbocycles. The molecule has 0 fully saturated rings. The molecule has 0 saturated carbocycles. The van der Waals surface area contributed by atoms with Gasteiger partial charge in [0.05, 0.1) is 0 Å². The van der Waals surface area contributed by atoms with E-state index in [-0.39, 0.29) is 30.4 Å². The first-order valence-corrected chi connectivity index (χ1v) is 11.4. The largest absolute Gasteiger partial charge is 0.483 e. The van der Waals surface area contributed by atoms with Crippen LogP contribution in [0.3, 0.4) is 0 Å². The fourth-order valence-corrected chi connectivity index (χ4v) is 3.48. The number of hydrogen-bond acceptors (Lipinski definition) is 3. The first-order valence-electron chi connectivity index (χ1n) is 11.0. The van der Waals surface area contributed by atoms with Crippen molar-refractivity contribution in [1.82, 2.24) is 10.2 Å². The zero-order valence-corrected chi connectivity index (χ0v) is 20.7. The lowest BCUT2D eigenvalue weighted by atomic mass is 9.86. The molecule has 1 N–H and O–H groups in total. The molecule has 0 aliphatic heterocycles. The van der Waals surface area contributed by atoms with Gasteiger partial charge in [-0.05, 0) is 41.5 Å². The first-order chi connectivity index (χ1) is 15.0. The minimum absolute atomic E-state index is 0.124. The summed E-state index contributed by atoms with van der Waals surface area (Å²) in [4.78, 5) is 27.5. The van der Waals surface area contributed by atoms with E-state index in [4.69, 9.17) is 16.3 Å². The standard InChI is InChI=1S/C26H35ClN2O3/c1-18(2)15-28-25(31)19(3)29(16-20-11-7-9-13-22(20)27)24(30)17-32-23-14-10-8-12-21(23)26(4,5)6/h7-14,18-19H,15-17H2,1-6H3,(H,28,31). The third-order valence-corrected chi connectivity index (χ3v) is 5.57. The molecule has 32 heavy (non-hydrogen) atoms. The van der Waals surface area contributed by atoms with Crippen LogP contribution in [0, 0.1) is 5.92 Å². The molecule has 0 saturated heterocycles. The van der Waals surface area contributed by atoms with Crippen LogP contribution < -0.4 is 10.1 Å². The van der Waals surface area contributed by atoms with Gasteiger partial charge in [-0.25, -0.2) is 0 Å². The van der Waals surface area contributed by atoms with Crippen LogP contribution in [0.4, 0.5) is 0 Å². The molecule has 1 atom stereocenters. The summed E-state index contributed by atoms with van der Waals surface area (Å²) in [5, 5.41) is 3.47. The minimum atomic E-state index is -0.668. The molecule has 6 heteroatoms. The molecule has 0 spiro atoms. The van der Waals surface area contributed by atoms with Crippen LogP contribution in [-0.2, 0) is 21.5 Å². The number of rotatable bonds is 9. The zero-order valence-electron chi connectivity index (χ0n) is 19.9. The van der Waals surface area contributed by atoms with Gasteiger partial charge in [-0.1, -0.05) is 82.6 Å². The third-order valence-electron chi connectivity index (χ3n) is 5.20. The number of nitrogens with one attached hydrogen (secondary N) is 1. The van der Waals surface area contributed by atoms with E-state index in [1.807, 2.05) is 56.3 Å². The van der Waals surface area contributed by atoms with Gasteiger partial charge in [0.15, 0.2) is 6.61 Å². The molecule has 174 valence electrons. The lowest BCUT2D eigenvalue weighted by Gasteiger charge is -2.30. The van der Waals surface area contributed by atoms with Gasteiger partial charge in [0.1, 0.15) is 11.8 Å². The average Bonchev–Trinajstić information content (AvgIpc) is 2.74. The molecule has 5 nitrogen and oxygen atoms in total. The number of ether oxygens (including phenoxy) is 1. The van der Waals surface area contributed by atoms with Crippen LogP contribution >= 0.6 is 11.6 Å². The Morgan fingerprint density at radius 2 is 1.66 bits per heavy atom. The molecule has 1 unspecified atom stereocenters. The fourth-order valence-electron chi connectivity index (χ4n) is 3.28. The van der Waals surface area contributed by atoms with Crippen molar-refractivity contribution in [3.63, 3.8) is 0 Å². The number of halogens is 1. The first kappa shape index (κ1) is 25.7. The van der Waals surface area contributed by atoms with E-state index >= 15 is 0 Å². The summed E-state index contributed by atoms with van der Waals surface area (Å²) in [5.74, 6) is 0.508. The van der Waals surface area contributed by atoms with Crippen molar-refractivity contribution in [3.05, 3.63) is 64.7 Å². The molecule has 0 aromatic heterocycles. The molecule has 2 rings (SSSR count). The van der Waals surface area contributed by atoms with Crippen LogP contribution in [-0.4, -0.2) is 35.9 Å². The maximum Gasteiger partial charge on any atom is 0.261 e. The minimum Gasteiger partial charge on any atom is -0.483 e. The number of amides is 2. The van der Waals surface area contributed by atoms with Crippen molar-refractivity contribution in [2.24, 2.45) is 5.92 Å². The van der Waals surface area contributed by atoms with Crippen LogP contribution in [0.1, 0.15) is 52.7 Å². The number of para-hydroxylation sites is 1. The Hall–Kier alpha value is -2.53. The highest BCUT2D eigenvalue weighted by Crippen LogP contribution is 2.31. The Kier molecular flexibility index (Phi) is 9.14. The topological polar surface area (TPSA) is 58.6 Å².